The van der Waals surface area contributed by atoms with Gasteiger partial charge in [0.1, 0.15) is 11.9 Å². The molecule has 5 aliphatic rings. The van der Waals surface area contributed by atoms with Crippen molar-refractivity contribution in [3.63, 3.8) is 0 Å². The number of nitrogens with one attached hydrogen (secondary N) is 1. The molecule has 256 valence electrons. The van der Waals surface area contributed by atoms with Gasteiger partial charge in [0.2, 0.25) is 5.91 Å². The third-order valence-electron chi connectivity index (χ3n) is 11.7. The van der Waals surface area contributed by atoms with Crippen LogP contribution in [0.3, 0.4) is 0 Å². The molecule has 5 aliphatic carbocycles. The normalized spacial score (nSPS) is 26.6. The number of nitrogens with zero attached hydrogens (tertiary/aromatic N) is 5. The molecule has 10 heteroatoms. The minimum atomic E-state index is -0.503. The van der Waals surface area contributed by atoms with E-state index in [2.05, 4.69) is 68.8 Å². The van der Waals surface area contributed by atoms with Gasteiger partial charge in [0, 0.05) is 56.7 Å². The fraction of sp³-hybridized carbons (Fsp3) is 0.579. The summed E-state index contributed by atoms with van der Waals surface area (Å²) in [7, 11) is 4.05. The van der Waals surface area contributed by atoms with Crippen LogP contribution in [0.1, 0.15) is 88.7 Å². The Bertz CT molecular complexity index is 1570. The number of pyridine rings is 1. The van der Waals surface area contributed by atoms with E-state index in [-0.39, 0.29) is 41.9 Å². The molecule has 2 heterocycles. The first-order valence-electron chi connectivity index (χ1n) is 17.9. The van der Waals surface area contributed by atoms with Crippen LogP contribution in [0, 0.1) is 11.3 Å². The third-order valence-corrected chi connectivity index (χ3v) is 11.7. The summed E-state index contributed by atoms with van der Waals surface area (Å²) in [6.07, 6.45) is 17.2. The zero-order valence-electron chi connectivity index (χ0n) is 28.4. The van der Waals surface area contributed by atoms with Crippen LogP contribution in [0.25, 0.3) is 11.1 Å². The van der Waals surface area contributed by atoms with E-state index in [0.717, 1.165) is 67.7 Å². The highest BCUT2D eigenvalue weighted by Crippen LogP contribution is 2.58. The molecule has 10 nitrogen and oxygen atoms in total. The van der Waals surface area contributed by atoms with Crippen LogP contribution in [0.5, 0.6) is 0 Å². The first-order chi connectivity index (χ1) is 23.3. The van der Waals surface area contributed by atoms with E-state index < -0.39 is 6.09 Å². The molecule has 0 saturated heterocycles. The van der Waals surface area contributed by atoms with Gasteiger partial charge < -0.3 is 25.0 Å². The summed E-state index contributed by atoms with van der Waals surface area (Å²) in [4.78, 5) is 35.6. The second-order valence-electron chi connectivity index (χ2n) is 15.0. The quantitative estimate of drug-likeness (QED) is 0.251. The fourth-order valence-electron chi connectivity index (χ4n) is 8.41. The number of anilines is 2. The first kappa shape index (κ1) is 32.6. The number of carbonyl (C=O) groups is 2. The van der Waals surface area contributed by atoms with E-state index >= 15 is 0 Å². The largest absolute Gasteiger partial charge is 0.446 e. The zero-order valence-corrected chi connectivity index (χ0v) is 28.4. The van der Waals surface area contributed by atoms with Gasteiger partial charge in [0.05, 0.1) is 18.8 Å². The van der Waals surface area contributed by atoms with E-state index in [1.807, 2.05) is 25.2 Å². The molecular formula is C38H50N6O4. The molecule has 2 N–H and O–H groups in total. The molecule has 0 atom stereocenters. The lowest BCUT2D eigenvalue weighted by atomic mass is 9.52. The summed E-state index contributed by atoms with van der Waals surface area (Å²) in [6, 6.07) is 13.4. The Morgan fingerprint density at radius 3 is 2.35 bits per heavy atom. The van der Waals surface area contributed by atoms with E-state index in [0.29, 0.717) is 31.7 Å². The lowest BCUT2D eigenvalue weighted by Crippen LogP contribution is -2.52. The molecule has 5 fully saturated rings. The van der Waals surface area contributed by atoms with Crippen LogP contribution in [0.4, 0.5) is 16.3 Å². The van der Waals surface area contributed by atoms with Gasteiger partial charge in [-0.1, -0.05) is 18.2 Å². The molecule has 8 rings (SSSR count). The minimum Gasteiger partial charge on any atom is -0.446 e. The predicted molar refractivity (Wildman–Crippen MR) is 186 cm³/mol. The minimum absolute atomic E-state index is 0.0897. The Morgan fingerprint density at radius 2 is 1.71 bits per heavy atom. The highest BCUT2D eigenvalue weighted by atomic mass is 16.6. The van der Waals surface area contributed by atoms with Gasteiger partial charge in [-0.3, -0.25) is 9.48 Å². The molecule has 2 aromatic heterocycles. The number of aliphatic hydroxyl groups excluding tert-OH is 1. The Labute approximate surface area is 283 Å². The van der Waals surface area contributed by atoms with Gasteiger partial charge in [-0.25, -0.2) is 9.78 Å². The van der Waals surface area contributed by atoms with Crippen molar-refractivity contribution in [1.29, 1.82) is 0 Å². The van der Waals surface area contributed by atoms with Crippen molar-refractivity contribution in [2.75, 3.05) is 43.6 Å². The summed E-state index contributed by atoms with van der Waals surface area (Å²) < 4.78 is 7.66. The van der Waals surface area contributed by atoms with Gasteiger partial charge in [-0.05, 0) is 117 Å². The SMILES string of the molecule is CN(C)c1ccc([C@]23CC[C@@](CN(c4cccc(-c5cnn(C6CC6)c5)c4)C(=O)[C@H]4CC[C@H](OC(=O)NCCO)CC4)(CC2)CC3)cn1. The number of amides is 2. The molecule has 1 aromatic carbocycles. The Balaban J connectivity index is 1.09. The van der Waals surface area contributed by atoms with Crippen molar-refractivity contribution in [3.8, 4) is 11.1 Å². The number of alkyl carbamates (subject to hydrolysis) is 1. The second kappa shape index (κ2) is 13.5. The standard InChI is InChI=1S/C38H50N6O4/c1-42(2)34-13-8-30(24-40-34)38-17-14-37(15-18-38,16-19-38)26-43(35(46)27-6-11-33(12-7-27)48-36(47)39-20-21-45)32-5-3-4-28(22-32)29-23-41-44(25-29)31-9-10-31/h3-5,8,13,22-25,27,31,33,45H,6-7,9-12,14-21,26H2,1-2H3,(H,39,47)/t27-,33-,37-,38-. The van der Waals surface area contributed by atoms with Gasteiger partial charge in [0.25, 0.3) is 0 Å². The summed E-state index contributed by atoms with van der Waals surface area (Å²) in [5.74, 6) is 1.05. The number of carbonyl (C=O) groups excluding carboxylic acids is 2. The molecular weight excluding hydrogens is 604 g/mol. The summed E-state index contributed by atoms with van der Waals surface area (Å²) in [5.41, 5.74) is 4.75. The molecule has 2 bridgehead atoms. The number of aromatic nitrogens is 3. The Morgan fingerprint density at radius 1 is 0.958 bits per heavy atom. The molecule has 0 spiro atoms. The summed E-state index contributed by atoms with van der Waals surface area (Å²) in [5, 5.41) is 16.2. The average Bonchev–Trinajstić information content (AvgIpc) is 3.86. The molecule has 2 amide bonds. The number of rotatable bonds is 11. The van der Waals surface area contributed by atoms with Crippen LogP contribution in [0.15, 0.2) is 55.0 Å². The third kappa shape index (κ3) is 6.81. The van der Waals surface area contributed by atoms with Gasteiger partial charge in [-0.15, -0.1) is 0 Å². The van der Waals surface area contributed by atoms with Crippen molar-refractivity contribution < 1.29 is 19.4 Å². The second-order valence-corrected chi connectivity index (χ2v) is 15.0. The number of aliphatic hydroxyl groups is 1. The average molecular weight is 655 g/mol. The monoisotopic (exact) mass is 654 g/mol. The van der Waals surface area contributed by atoms with Crippen molar-refractivity contribution >= 4 is 23.5 Å². The van der Waals surface area contributed by atoms with E-state index in [4.69, 9.17) is 14.8 Å². The van der Waals surface area contributed by atoms with E-state index in [1.54, 1.807) is 0 Å². The van der Waals surface area contributed by atoms with Crippen molar-refractivity contribution in [3.05, 3.63) is 60.6 Å². The van der Waals surface area contributed by atoms with Crippen molar-refractivity contribution in [1.82, 2.24) is 20.1 Å². The molecule has 0 radical (unpaired) electrons. The van der Waals surface area contributed by atoms with Crippen LogP contribution in [-0.2, 0) is 14.9 Å². The lowest BCUT2D eigenvalue weighted by molar-refractivity contribution is -0.124. The molecule has 0 aliphatic heterocycles. The molecule has 0 unspecified atom stereocenters. The first-order valence-corrected chi connectivity index (χ1v) is 17.9. The lowest BCUT2D eigenvalue weighted by Gasteiger charge is -2.55. The molecule has 3 aromatic rings. The maximum Gasteiger partial charge on any atom is 0.407 e. The molecule has 5 saturated carbocycles. The predicted octanol–water partition coefficient (Wildman–Crippen LogP) is 6.25. The van der Waals surface area contributed by atoms with E-state index in [1.165, 1.54) is 18.4 Å². The van der Waals surface area contributed by atoms with Crippen LogP contribution in [-0.4, -0.2) is 71.8 Å². The van der Waals surface area contributed by atoms with Gasteiger partial charge >= 0.3 is 6.09 Å². The summed E-state index contributed by atoms with van der Waals surface area (Å²) >= 11 is 0. The van der Waals surface area contributed by atoms with Crippen LogP contribution >= 0.6 is 0 Å². The zero-order chi connectivity index (χ0) is 33.3. The highest BCUT2D eigenvalue weighted by molar-refractivity contribution is 5.96. The number of benzene rings is 1. The van der Waals surface area contributed by atoms with Gasteiger partial charge in [0.15, 0.2) is 0 Å². The molecule has 48 heavy (non-hydrogen) atoms. The summed E-state index contributed by atoms with van der Waals surface area (Å²) in [6.45, 7) is 0.773. The number of fused-ring (bicyclic) bond motifs is 3. The maximum absolute atomic E-state index is 14.6. The smallest absolute Gasteiger partial charge is 0.407 e. The van der Waals surface area contributed by atoms with E-state index in [9.17, 15) is 9.59 Å². The highest BCUT2D eigenvalue weighted by Gasteiger charge is 2.51. The number of hydrogen-bond acceptors (Lipinski definition) is 7. The van der Waals surface area contributed by atoms with Crippen molar-refractivity contribution in [2.24, 2.45) is 11.3 Å². The number of hydrogen-bond donors (Lipinski definition) is 2. The Kier molecular flexibility index (Phi) is 9.20. The topological polar surface area (TPSA) is 113 Å². The Hall–Kier alpha value is -3.92. The maximum atomic E-state index is 14.6. The van der Waals surface area contributed by atoms with Crippen molar-refractivity contribution in [2.45, 2.75) is 94.6 Å². The number of ether oxygens (including phenoxy) is 1. The fourth-order valence-corrected chi connectivity index (χ4v) is 8.41. The van der Waals surface area contributed by atoms with Crippen LogP contribution < -0.4 is 15.1 Å². The van der Waals surface area contributed by atoms with Gasteiger partial charge in [-0.2, -0.15) is 5.10 Å². The van der Waals surface area contributed by atoms with Crippen LogP contribution in [0.2, 0.25) is 0 Å².